The van der Waals surface area contributed by atoms with Crippen molar-refractivity contribution < 1.29 is 27.6 Å². The normalized spacial score (nSPS) is 12.1. The first-order valence-electron chi connectivity index (χ1n) is 11.1. The van der Waals surface area contributed by atoms with E-state index in [1.807, 2.05) is 0 Å². The molecule has 0 atom stereocenters. The number of alkyl halides is 3. The van der Waals surface area contributed by atoms with E-state index in [0.717, 1.165) is 17.2 Å². The van der Waals surface area contributed by atoms with Gasteiger partial charge in [-0.2, -0.15) is 18.2 Å². The molecule has 6 nitrogen and oxygen atoms in total. The van der Waals surface area contributed by atoms with Crippen LogP contribution in [-0.2, 0) is 17.5 Å². The van der Waals surface area contributed by atoms with Crippen LogP contribution < -0.4 is 5.32 Å². The molecule has 36 heavy (non-hydrogen) atoms. The molecule has 0 saturated heterocycles. The van der Waals surface area contributed by atoms with Gasteiger partial charge in [0.15, 0.2) is 0 Å². The Balaban J connectivity index is 1.59. The maximum atomic E-state index is 13.9. The second-order valence-corrected chi connectivity index (χ2v) is 8.98. The standard InChI is InChI=1S/C27H24F3N3O3/c1-16-6-4-5-7-20(16)21-13-12-19(14-22(21)27(28,29)30)24-32-23(33-36-24)18-10-8-17(9-11-18)15-31-26(2,3)25(34)35/h4-14,31H,15H2,1-3H3,(H,34,35). The topological polar surface area (TPSA) is 88.2 Å². The van der Waals surface area contributed by atoms with Gasteiger partial charge in [-0.1, -0.05) is 59.8 Å². The van der Waals surface area contributed by atoms with Crippen LogP contribution in [0.25, 0.3) is 34.0 Å². The Labute approximate surface area is 205 Å². The molecule has 0 bridgehead atoms. The summed E-state index contributed by atoms with van der Waals surface area (Å²) in [7, 11) is 0. The highest BCUT2D eigenvalue weighted by Gasteiger charge is 2.35. The third-order valence-electron chi connectivity index (χ3n) is 5.91. The minimum Gasteiger partial charge on any atom is -0.480 e. The van der Waals surface area contributed by atoms with E-state index in [2.05, 4.69) is 15.5 Å². The molecule has 0 aliphatic heterocycles. The van der Waals surface area contributed by atoms with Gasteiger partial charge in [0.1, 0.15) is 5.54 Å². The van der Waals surface area contributed by atoms with E-state index in [0.29, 0.717) is 17.7 Å². The molecule has 0 radical (unpaired) electrons. The third-order valence-corrected chi connectivity index (χ3v) is 5.91. The SMILES string of the molecule is Cc1ccccc1-c1ccc(-c2nc(-c3ccc(CNC(C)(C)C(=O)O)cc3)no2)cc1C(F)(F)F. The number of halogens is 3. The maximum absolute atomic E-state index is 13.9. The summed E-state index contributed by atoms with van der Waals surface area (Å²) in [6.07, 6.45) is -4.57. The van der Waals surface area contributed by atoms with Crippen LogP contribution in [0.15, 0.2) is 71.3 Å². The van der Waals surface area contributed by atoms with Crippen LogP contribution in [-0.4, -0.2) is 26.8 Å². The van der Waals surface area contributed by atoms with Crippen LogP contribution in [0.3, 0.4) is 0 Å². The minimum absolute atomic E-state index is 0.0271. The number of nitrogens with one attached hydrogen (secondary N) is 1. The summed E-state index contributed by atoms with van der Waals surface area (Å²) in [4.78, 5) is 15.5. The number of aliphatic carboxylic acids is 1. The van der Waals surface area contributed by atoms with E-state index in [9.17, 15) is 23.1 Å². The van der Waals surface area contributed by atoms with Crippen LogP contribution in [0.2, 0.25) is 0 Å². The molecule has 0 fully saturated rings. The zero-order valence-corrected chi connectivity index (χ0v) is 19.8. The smallest absolute Gasteiger partial charge is 0.417 e. The van der Waals surface area contributed by atoms with Crippen molar-refractivity contribution in [3.63, 3.8) is 0 Å². The molecule has 0 saturated carbocycles. The van der Waals surface area contributed by atoms with Gasteiger partial charge in [0.05, 0.1) is 5.56 Å². The van der Waals surface area contributed by atoms with E-state index >= 15 is 0 Å². The van der Waals surface area contributed by atoms with Crippen LogP contribution in [0.5, 0.6) is 0 Å². The molecule has 186 valence electrons. The van der Waals surface area contributed by atoms with Crippen molar-refractivity contribution in [3.05, 3.63) is 83.4 Å². The van der Waals surface area contributed by atoms with Gasteiger partial charge in [-0.3, -0.25) is 10.1 Å². The third kappa shape index (κ3) is 5.31. The van der Waals surface area contributed by atoms with Crippen LogP contribution in [0.1, 0.15) is 30.5 Å². The Hall–Kier alpha value is -3.98. The van der Waals surface area contributed by atoms with E-state index in [-0.39, 0.29) is 22.8 Å². The lowest BCUT2D eigenvalue weighted by atomic mass is 9.94. The summed E-state index contributed by atoms with van der Waals surface area (Å²) in [5.74, 6) is -0.758. The summed E-state index contributed by atoms with van der Waals surface area (Å²) in [6.45, 7) is 5.25. The Kier molecular flexibility index (Phi) is 6.69. The van der Waals surface area contributed by atoms with Crippen LogP contribution in [0.4, 0.5) is 13.2 Å². The first-order chi connectivity index (χ1) is 17.0. The minimum atomic E-state index is -4.57. The number of carboxylic acids is 1. The predicted octanol–water partition coefficient (Wildman–Crippen LogP) is 6.35. The molecule has 1 aromatic heterocycles. The van der Waals surface area contributed by atoms with Gasteiger partial charge in [0, 0.05) is 17.7 Å². The number of aryl methyl sites for hydroxylation is 1. The molecule has 0 aliphatic rings. The number of aromatic nitrogens is 2. The van der Waals surface area contributed by atoms with Gasteiger partial charge >= 0.3 is 12.1 Å². The molecule has 0 spiro atoms. The average molecular weight is 496 g/mol. The molecule has 9 heteroatoms. The molecule has 0 unspecified atom stereocenters. The van der Waals surface area contributed by atoms with Crippen molar-refractivity contribution in [2.45, 2.75) is 39.0 Å². The average Bonchev–Trinajstić information content (AvgIpc) is 3.33. The van der Waals surface area contributed by atoms with Crippen molar-refractivity contribution in [2.75, 3.05) is 0 Å². The lowest BCUT2D eigenvalue weighted by Crippen LogP contribution is -2.46. The van der Waals surface area contributed by atoms with Crippen molar-refractivity contribution in [1.82, 2.24) is 15.5 Å². The number of carboxylic acid groups (broad SMARTS) is 1. The molecule has 4 aromatic rings. The highest BCUT2D eigenvalue weighted by molar-refractivity contribution is 5.77. The zero-order valence-electron chi connectivity index (χ0n) is 19.8. The van der Waals surface area contributed by atoms with E-state index in [1.165, 1.54) is 12.1 Å². The van der Waals surface area contributed by atoms with Gasteiger partial charge in [0.25, 0.3) is 5.89 Å². The quantitative estimate of drug-likeness (QED) is 0.311. The zero-order chi connectivity index (χ0) is 26.1. The summed E-state index contributed by atoms with van der Waals surface area (Å²) < 4.78 is 47.1. The summed E-state index contributed by atoms with van der Waals surface area (Å²) in [5, 5.41) is 16.1. The number of carbonyl (C=O) groups is 1. The summed E-state index contributed by atoms with van der Waals surface area (Å²) in [5.41, 5.74) is 1.08. The molecule has 4 rings (SSSR count). The lowest BCUT2D eigenvalue weighted by molar-refractivity contribution is -0.143. The fraction of sp³-hybridized carbons (Fsp3) is 0.222. The molecule has 2 N–H and O–H groups in total. The van der Waals surface area contributed by atoms with Gasteiger partial charge in [-0.05, 0) is 55.2 Å². The number of benzene rings is 3. The summed E-state index contributed by atoms with van der Waals surface area (Å²) >= 11 is 0. The molecule has 3 aromatic carbocycles. The first-order valence-corrected chi connectivity index (χ1v) is 11.1. The molecular formula is C27H24F3N3O3. The Morgan fingerprint density at radius 2 is 1.64 bits per heavy atom. The van der Waals surface area contributed by atoms with Crippen LogP contribution >= 0.6 is 0 Å². The fourth-order valence-corrected chi connectivity index (χ4v) is 3.65. The second-order valence-electron chi connectivity index (χ2n) is 8.98. The number of hydrogen-bond donors (Lipinski definition) is 2. The largest absolute Gasteiger partial charge is 0.480 e. The van der Waals surface area contributed by atoms with Crippen molar-refractivity contribution in [3.8, 4) is 34.0 Å². The lowest BCUT2D eigenvalue weighted by Gasteiger charge is -2.21. The Bertz CT molecular complexity index is 1390. The Morgan fingerprint density at radius 3 is 2.28 bits per heavy atom. The first kappa shape index (κ1) is 25.1. The molecular weight excluding hydrogens is 471 g/mol. The van der Waals surface area contributed by atoms with Crippen LogP contribution in [0, 0.1) is 6.92 Å². The molecule has 1 heterocycles. The highest BCUT2D eigenvalue weighted by atomic mass is 19.4. The van der Waals surface area contributed by atoms with Crippen molar-refractivity contribution >= 4 is 5.97 Å². The van der Waals surface area contributed by atoms with E-state index in [4.69, 9.17) is 4.52 Å². The fourth-order valence-electron chi connectivity index (χ4n) is 3.65. The van der Waals surface area contributed by atoms with Gasteiger partial charge in [-0.25, -0.2) is 0 Å². The van der Waals surface area contributed by atoms with E-state index in [1.54, 1.807) is 69.3 Å². The van der Waals surface area contributed by atoms with Gasteiger partial charge in [-0.15, -0.1) is 0 Å². The van der Waals surface area contributed by atoms with E-state index < -0.39 is 23.2 Å². The maximum Gasteiger partial charge on any atom is 0.417 e. The monoisotopic (exact) mass is 495 g/mol. The highest BCUT2D eigenvalue weighted by Crippen LogP contribution is 2.40. The summed E-state index contributed by atoms with van der Waals surface area (Å²) in [6, 6.07) is 17.9. The Morgan fingerprint density at radius 1 is 0.972 bits per heavy atom. The molecule has 0 amide bonds. The molecule has 0 aliphatic carbocycles. The predicted molar refractivity (Wildman–Crippen MR) is 129 cm³/mol. The van der Waals surface area contributed by atoms with Gasteiger partial charge < -0.3 is 9.63 Å². The number of rotatable bonds is 7. The van der Waals surface area contributed by atoms with Crippen molar-refractivity contribution in [2.24, 2.45) is 0 Å². The van der Waals surface area contributed by atoms with Gasteiger partial charge in [0.2, 0.25) is 5.82 Å². The van der Waals surface area contributed by atoms with Crippen molar-refractivity contribution in [1.29, 1.82) is 0 Å². The number of nitrogens with zero attached hydrogens (tertiary/aromatic N) is 2. The number of hydrogen-bond acceptors (Lipinski definition) is 5. The second kappa shape index (κ2) is 9.58.